The molecule has 0 radical (unpaired) electrons. The van der Waals surface area contributed by atoms with Crippen molar-refractivity contribution in [2.75, 3.05) is 18.0 Å². The molecule has 1 fully saturated rings. The topological polar surface area (TPSA) is 112 Å². The molecule has 1 N–H and O–H groups in total. The number of nitriles is 1. The number of pyridine rings is 2. The number of aromatic nitrogens is 5. The highest BCUT2D eigenvalue weighted by atomic mass is 16.4. The number of fused-ring (bicyclic) bond motifs is 1. The van der Waals surface area contributed by atoms with Crippen LogP contribution in [0.25, 0.3) is 27.8 Å². The average Bonchev–Trinajstić information content (AvgIpc) is 3.45. The monoisotopic (exact) mass is 441 g/mol. The van der Waals surface area contributed by atoms with E-state index in [1.165, 1.54) is 0 Å². The molecule has 4 aromatic heterocycles. The molecule has 1 aliphatic rings. The standard InChI is InChI=1S/C24H23N7O2/c1-24(23(32)33)5-7-30(8-6-24)21-4-3-16(11-26-21)20-9-17(19-13-27-29(2)14-19)15-31-22(20)18(10-25)12-28-31/h3-4,9,11-15H,5-8H2,1-2H3,(H,32,33). The number of nitrogens with zero attached hydrogens (tertiary/aromatic N) is 7. The smallest absolute Gasteiger partial charge is 0.309 e. The first-order valence-corrected chi connectivity index (χ1v) is 10.7. The van der Waals surface area contributed by atoms with Crippen molar-refractivity contribution in [3.8, 4) is 28.3 Å². The van der Waals surface area contributed by atoms with Crippen LogP contribution in [0.1, 0.15) is 25.3 Å². The molecular formula is C24H23N7O2. The molecule has 166 valence electrons. The summed E-state index contributed by atoms with van der Waals surface area (Å²) in [6.45, 7) is 3.11. The lowest BCUT2D eigenvalue weighted by molar-refractivity contribution is -0.149. The van der Waals surface area contributed by atoms with Gasteiger partial charge in [-0.05, 0) is 38.0 Å². The molecular weight excluding hydrogens is 418 g/mol. The number of aliphatic carboxylic acids is 1. The number of aryl methyl sites for hydroxylation is 1. The van der Waals surface area contributed by atoms with Crippen LogP contribution in [0, 0.1) is 16.7 Å². The van der Waals surface area contributed by atoms with Crippen LogP contribution in [0.4, 0.5) is 5.82 Å². The van der Waals surface area contributed by atoms with E-state index in [2.05, 4.69) is 26.2 Å². The summed E-state index contributed by atoms with van der Waals surface area (Å²) >= 11 is 0. The van der Waals surface area contributed by atoms with Crippen LogP contribution >= 0.6 is 0 Å². The molecule has 4 aromatic rings. The molecule has 0 bridgehead atoms. The summed E-state index contributed by atoms with van der Waals surface area (Å²) in [6, 6.07) is 8.20. The molecule has 5 heterocycles. The maximum atomic E-state index is 11.5. The number of hydrogen-bond donors (Lipinski definition) is 1. The van der Waals surface area contributed by atoms with Gasteiger partial charge in [0.15, 0.2) is 0 Å². The second-order valence-corrected chi connectivity index (χ2v) is 8.77. The Labute approximate surface area is 190 Å². The van der Waals surface area contributed by atoms with Crippen molar-refractivity contribution < 1.29 is 9.90 Å². The molecule has 5 rings (SSSR count). The highest BCUT2D eigenvalue weighted by Crippen LogP contribution is 2.35. The SMILES string of the molecule is Cn1cc(-c2cc(-c3ccc(N4CCC(C)(C(=O)O)CC4)nc3)c3c(C#N)cnn3c2)cn1. The third-order valence-electron chi connectivity index (χ3n) is 6.54. The Kier molecular flexibility index (Phi) is 4.86. The second-order valence-electron chi connectivity index (χ2n) is 8.77. The summed E-state index contributed by atoms with van der Waals surface area (Å²) in [7, 11) is 1.87. The highest BCUT2D eigenvalue weighted by molar-refractivity contribution is 5.87. The van der Waals surface area contributed by atoms with Gasteiger partial charge in [0.2, 0.25) is 0 Å². The second kappa shape index (κ2) is 7.74. The van der Waals surface area contributed by atoms with E-state index >= 15 is 0 Å². The van der Waals surface area contributed by atoms with Crippen molar-refractivity contribution in [1.29, 1.82) is 5.26 Å². The molecule has 9 heteroatoms. The Morgan fingerprint density at radius 2 is 1.88 bits per heavy atom. The zero-order chi connectivity index (χ0) is 23.2. The molecule has 0 amide bonds. The van der Waals surface area contributed by atoms with Crippen LogP contribution in [-0.4, -0.2) is 48.5 Å². The fourth-order valence-corrected chi connectivity index (χ4v) is 4.33. The quantitative estimate of drug-likeness (QED) is 0.517. The third-order valence-corrected chi connectivity index (χ3v) is 6.54. The van der Waals surface area contributed by atoms with Gasteiger partial charge in [-0.3, -0.25) is 9.48 Å². The Bertz CT molecular complexity index is 1390. The molecule has 1 aliphatic heterocycles. The van der Waals surface area contributed by atoms with Gasteiger partial charge in [0.05, 0.1) is 28.9 Å². The van der Waals surface area contributed by atoms with Gasteiger partial charge >= 0.3 is 5.97 Å². The number of carbonyl (C=O) groups is 1. The molecule has 0 aliphatic carbocycles. The lowest BCUT2D eigenvalue weighted by atomic mass is 9.80. The molecule has 0 atom stereocenters. The molecule has 0 unspecified atom stereocenters. The number of piperidine rings is 1. The van der Waals surface area contributed by atoms with Gasteiger partial charge < -0.3 is 10.0 Å². The summed E-state index contributed by atoms with van der Waals surface area (Å²) in [5, 5.41) is 27.7. The van der Waals surface area contributed by atoms with Gasteiger partial charge in [-0.15, -0.1) is 0 Å². The van der Waals surface area contributed by atoms with Crippen LogP contribution in [0.3, 0.4) is 0 Å². The van der Waals surface area contributed by atoms with Gasteiger partial charge in [-0.25, -0.2) is 9.50 Å². The van der Waals surface area contributed by atoms with E-state index in [9.17, 15) is 15.2 Å². The highest BCUT2D eigenvalue weighted by Gasteiger charge is 2.37. The Hall–Kier alpha value is -4.19. The zero-order valence-corrected chi connectivity index (χ0v) is 18.4. The lowest BCUT2D eigenvalue weighted by Crippen LogP contribution is -2.43. The number of rotatable bonds is 4. The molecule has 0 saturated carbocycles. The van der Waals surface area contributed by atoms with Gasteiger partial charge in [0, 0.05) is 61.0 Å². The van der Waals surface area contributed by atoms with E-state index in [-0.39, 0.29) is 0 Å². The van der Waals surface area contributed by atoms with Gasteiger partial charge in [0.25, 0.3) is 0 Å². The first-order chi connectivity index (χ1) is 15.9. The molecule has 0 aromatic carbocycles. The van der Waals surface area contributed by atoms with Crippen LogP contribution in [0.15, 0.2) is 49.2 Å². The normalized spacial score (nSPS) is 15.5. The van der Waals surface area contributed by atoms with Crippen molar-refractivity contribution in [3.63, 3.8) is 0 Å². The first-order valence-electron chi connectivity index (χ1n) is 10.7. The van der Waals surface area contributed by atoms with Crippen LogP contribution in [0.5, 0.6) is 0 Å². The summed E-state index contributed by atoms with van der Waals surface area (Å²) < 4.78 is 3.47. The molecule has 33 heavy (non-hydrogen) atoms. The van der Waals surface area contributed by atoms with Crippen molar-refractivity contribution >= 4 is 17.3 Å². The lowest BCUT2D eigenvalue weighted by Gasteiger charge is -2.37. The van der Waals surface area contributed by atoms with Crippen molar-refractivity contribution in [2.45, 2.75) is 19.8 Å². The van der Waals surface area contributed by atoms with Crippen LogP contribution in [0.2, 0.25) is 0 Å². The molecule has 0 spiro atoms. The summed E-state index contributed by atoms with van der Waals surface area (Å²) in [5.41, 5.74) is 4.18. The third kappa shape index (κ3) is 3.59. The first kappa shape index (κ1) is 20.7. The summed E-state index contributed by atoms with van der Waals surface area (Å²) in [6.07, 6.45) is 10.2. The summed E-state index contributed by atoms with van der Waals surface area (Å²) in [4.78, 5) is 18.3. The minimum atomic E-state index is -0.739. The Morgan fingerprint density at radius 3 is 2.48 bits per heavy atom. The number of carboxylic acid groups (broad SMARTS) is 1. The largest absolute Gasteiger partial charge is 0.481 e. The van der Waals surface area contributed by atoms with Crippen molar-refractivity contribution in [1.82, 2.24) is 24.4 Å². The zero-order valence-electron chi connectivity index (χ0n) is 18.4. The Morgan fingerprint density at radius 1 is 1.09 bits per heavy atom. The number of anilines is 1. The summed E-state index contributed by atoms with van der Waals surface area (Å²) in [5.74, 6) is 0.0803. The average molecular weight is 441 g/mol. The fraction of sp³-hybridized carbons (Fsp3) is 0.292. The van der Waals surface area contributed by atoms with E-state index in [0.29, 0.717) is 31.5 Å². The predicted octanol–water partition coefficient (Wildman–Crippen LogP) is 3.36. The van der Waals surface area contributed by atoms with E-state index in [4.69, 9.17) is 0 Å². The van der Waals surface area contributed by atoms with Crippen LogP contribution < -0.4 is 4.90 Å². The van der Waals surface area contributed by atoms with Gasteiger partial charge in [-0.2, -0.15) is 15.5 Å². The maximum Gasteiger partial charge on any atom is 0.309 e. The molecule has 1 saturated heterocycles. The van der Waals surface area contributed by atoms with E-state index < -0.39 is 11.4 Å². The Balaban J connectivity index is 1.51. The van der Waals surface area contributed by atoms with Gasteiger partial charge in [0.1, 0.15) is 11.9 Å². The number of carboxylic acids is 1. The van der Waals surface area contributed by atoms with E-state index in [1.807, 2.05) is 44.6 Å². The van der Waals surface area contributed by atoms with Gasteiger partial charge in [-0.1, -0.05) is 0 Å². The van der Waals surface area contributed by atoms with Crippen molar-refractivity contribution in [2.24, 2.45) is 12.5 Å². The van der Waals surface area contributed by atoms with E-state index in [1.54, 1.807) is 27.8 Å². The minimum absolute atomic E-state index is 0.496. The van der Waals surface area contributed by atoms with Crippen LogP contribution in [-0.2, 0) is 11.8 Å². The minimum Gasteiger partial charge on any atom is -0.481 e. The van der Waals surface area contributed by atoms with E-state index in [0.717, 1.165) is 33.6 Å². The van der Waals surface area contributed by atoms with Crippen molar-refractivity contribution in [3.05, 3.63) is 54.7 Å². The molecule has 9 nitrogen and oxygen atoms in total. The number of hydrogen-bond acceptors (Lipinski definition) is 6. The maximum absolute atomic E-state index is 11.5. The predicted molar refractivity (Wildman–Crippen MR) is 123 cm³/mol. The fourth-order valence-electron chi connectivity index (χ4n) is 4.33.